The Morgan fingerprint density at radius 3 is 2.94 bits per heavy atom. The Balaban J connectivity index is 2.26. The number of aldehydes is 1. The molecule has 0 radical (unpaired) electrons. The van der Waals surface area contributed by atoms with E-state index in [-0.39, 0.29) is 18.2 Å². The predicted octanol–water partition coefficient (Wildman–Crippen LogP) is -0.191. The van der Waals surface area contributed by atoms with Crippen molar-refractivity contribution in [2.24, 2.45) is 0 Å². The van der Waals surface area contributed by atoms with E-state index in [2.05, 4.69) is 15.5 Å². The number of aromatic nitrogens is 2. The molecule has 1 aliphatic rings. The number of rotatable bonds is 2. The molecule has 1 unspecified atom stereocenters. The normalized spacial score (nSPS) is 20.4. The third-order valence-corrected chi connectivity index (χ3v) is 2.43. The van der Waals surface area contributed by atoms with E-state index in [0.717, 1.165) is 0 Å². The van der Waals surface area contributed by atoms with Crippen LogP contribution in [0.3, 0.4) is 0 Å². The second-order valence-electron chi connectivity index (χ2n) is 3.54. The Morgan fingerprint density at radius 2 is 2.25 bits per heavy atom. The molecule has 6 nitrogen and oxygen atoms in total. The minimum atomic E-state index is -0.495. The maximum atomic E-state index is 11.5. The molecule has 0 saturated carbocycles. The van der Waals surface area contributed by atoms with Gasteiger partial charge in [-0.1, -0.05) is 0 Å². The number of nitrogens with one attached hydrogen (secondary N) is 1. The van der Waals surface area contributed by atoms with Crippen LogP contribution in [0.15, 0.2) is 12.3 Å². The maximum absolute atomic E-state index is 11.5. The van der Waals surface area contributed by atoms with Crippen LogP contribution in [-0.4, -0.2) is 28.3 Å². The molecule has 1 aromatic rings. The number of carbonyl (C=O) groups is 3. The van der Waals surface area contributed by atoms with Crippen LogP contribution in [0.5, 0.6) is 0 Å². The molecule has 1 fully saturated rings. The maximum Gasteiger partial charge on any atom is 0.235 e. The van der Waals surface area contributed by atoms with Crippen LogP contribution >= 0.6 is 0 Å². The first kappa shape index (κ1) is 10.4. The van der Waals surface area contributed by atoms with E-state index < -0.39 is 5.92 Å². The van der Waals surface area contributed by atoms with E-state index >= 15 is 0 Å². The fourth-order valence-corrected chi connectivity index (χ4v) is 1.61. The minimum Gasteiger partial charge on any atom is -0.298 e. The van der Waals surface area contributed by atoms with Crippen LogP contribution in [0, 0.1) is 0 Å². The summed E-state index contributed by atoms with van der Waals surface area (Å²) in [5, 5.41) is 9.67. The van der Waals surface area contributed by atoms with Gasteiger partial charge in [0.05, 0.1) is 17.8 Å². The lowest BCUT2D eigenvalue weighted by molar-refractivity contribution is -0.134. The van der Waals surface area contributed by atoms with Crippen LogP contribution in [0.4, 0.5) is 0 Å². The molecule has 0 aromatic carbocycles. The van der Waals surface area contributed by atoms with Crippen molar-refractivity contribution in [2.45, 2.75) is 18.8 Å². The van der Waals surface area contributed by atoms with Gasteiger partial charge in [0, 0.05) is 12.0 Å². The average Bonchev–Trinajstić information content (AvgIpc) is 2.29. The van der Waals surface area contributed by atoms with Crippen molar-refractivity contribution in [3.63, 3.8) is 0 Å². The SMILES string of the molecule is O=Cc1cnnc(C2CCC(=O)NC2=O)c1. The van der Waals surface area contributed by atoms with E-state index in [9.17, 15) is 14.4 Å². The van der Waals surface area contributed by atoms with Crippen LogP contribution in [0.1, 0.15) is 34.8 Å². The summed E-state index contributed by atoms with van der Waals surface area (Å²) in [6.45, 7) is 0. The summed E-state index contributed by atoms with van der Waals surface area (Å²) >= 11 is 0. The van der Waals surface area contributed by atoms with Crippen molar-refractivity contribution >= 4 is 18.1 Å². The summed E-state index contributed by atoms with van der Waals surface area (Å²) in [5.74, 6) is -1.15. The van der Waals surface area contributed by atoms with Crippen molar-refractivity contribution in [1.29, 1.82) is 0 Å². The lowest BCUT2D eigenvalue weighted by atomic mass is 9.94. The quantitative estimate of drug-likeness (QED) is 0.550. The van der Waals surface area contributed by atoms with E-state index in [1.54, 1.807) is 0 Å². The van der Waals surface area contributed by atoms with Gasteiger partial charge >= 0.3 is 0 Å². The fourth-order valence-electron chi connectivity index (χ4n) is 1.61. The second kappa shape index (κ2) is 4.18. The number of hydrogen-bond acceptors (Lipinski definition) is 5. The number of piperidine rings is 1. The Labute approximate surface area is 91.1 Å². The zero-order valence-corrected chi connectivity index (χ0v) is 8.34. The largest absolute Gasteiger partial charge is 0.298 e. The Bertz CT molecular complexity index is 458. The van der Waals surface area contributed by atoms with Gasteiger partial charge in [-0.3, -0.25) is 19.7 Å². The average molecular weight is 219 g/mol. The smallest absolute Gasteiger partial charge is 0.235 e. The number of imide groups is 1. The molecule has 2 heterocycles. The van der Waals surface area contributed by atoms with Gasteiger partial charge in [0.25, 0.3) is 0 Å². The van der Waals surface area contributed by atoms with Crippen LogP contribution < -0.4 is 5.32 Å². The molecule has 1 saturated heterocycles. The number of hydrogen-bond donors (Lipinski definition) is 1. The molecule has 1 N–H and O–H groups in total. The number of amides is 2. The van der Waals surface area contributed by atoms with E-state index in [1.807, 2.05) is 0 Å². The molecule has 82 valence electrons. The first-order valence-electron chi connectivity index (χ1n) is 4.82. The summed E-state index contributed by atoms with van der Waals surface area (Å²) in [6, 6.07) is 1.51. The third-order valence-electron chi connectivity index (χ3n) is 2.43. The number of carbonyl (C=O) groups excluding carboxylic acids is 3. The monoisotopic (exact) mass is 219 g/mol. The van der Waals surface area contributed by atoms with Crippen molar-refractivity contribution in [2.75, 3.05) is 0 Å². The molecule has 0 aliphatic carbocycles. The summed E-state index contributed by atoms with van der Waals surface area (Å²) in [6.07, 6.45) is 2.65. The summed E-state index contributed by atoms with van der Waals surface area (Å²) in [7, 11) is 0. The Morgan fingerprint density at radius 1 is 1.44 bits per heavy atom. The molecule has 1 aliphatic heterocycles. The highest BCUT2D eigenvalue weighted by molar-refractivity contribution is 6.00. The first-order valence-corrected chi connectivity index (χ1v) is 4.82. The van der Waals surface area contributed by atoms with Gasteiger partial charge in [-0.05, 0) is 12.5 Å². The van der Waals surface area contributed by atoms with Crippen LogP contribution in [0.25, 0.3) is 0 Å². The second-order valence-corrected chi connectivity index (χ2v) is 3.54. The lowest BCUT2D eigenvalue weighted by Crippen LogP contribution is -2.39. The van der Waals surface area contributed by atoms with Gasteiger partial charge in [0.15, 0.2) is 6.29 Å². The Hall–Kier alpha value is -2.11. The van der Waals surface area contributed by atoms with Gasteiger partial charge < -0.3 is 0 Å². The van der Waals surface area contributed by atoms with Gasteiger partial charge in [-0.25, -0.2) is 0 Å². The molecule has 2 amide bonds. The number of nitrogens with zero attached hydrogens (tertiary/aromatic N) is 2. The molecule has 1 aromatic heterocycles. The minimum absolute atomic E-state index is 0.277. The predicted molar refractivity (Wildman–Crippen MR) is 52.5 cm³/mol. The molecular weight excluding hydrogens is 210 g/mol. The Kier molecular flexibility index (Phi) is 2.72. The summed E-state index contributed by atoms with van der Waals surface area (Å²) in [5.41, 5.74) is 0.796. The summed E-state index contributed by atoms with van der Waals surface area (Å²) < 4.78 is 0. The third kappa shape index (κ3) is 1.95. The molecule has 0 bridgehead atoms. The van der Waals surface area contributed by atoms with Gasteiger partial charge in [0.2, 0.25) is 11.8 Å². The molecule has 0 spiro atoms. The first-order chi connectivity index (χ1) is 7.70. The highest BCUT2D eigenvalue weighted by Crippen LogP contribution is 2.22. The standard InChI is InChI=1S/C10H9N3O3/c14-5-6-3-8(13-11-4-6)7-1-2-9(15)12-10(7)16/h3-5,7H,1-2H2,(H,12,15,16). The topological polar surface area (TPSA) is 89.0 Å². The van der Waals surface area contributed by atoms with Crippen molar-refractivity contribution < 1.29 is 14.4 Å². The fraction of sp³-hybridized carbons (Fsp3) is 0.300. The highest BCUT2D eigenvalue weighted by atomic mass is 16.2. The van der Waals surface area contributed by atoms with E-state index in [0.29, 0.717) is 24.0 Å². The highest BCUT2D eigenvalue weighted by Gasteiger charge is 2.29. The van der Waals surface area contributed by atoms with Crippen molar-refractivity contribution in [1.82, 2.24) is 15.5 Å². The van der Waals surface area contributed by atoms with E-state index in [4.69, 9.17) is 0 Å². The molecule has 16 heavy (non-hydrogen) atoms. The van der Waals surface area contributed by atoms with Crippen molar-refractivity contribution in [3.8, 4) is 0 Å². The summed E-state index contributed by atoms with van der Waals surface area (Å²) in [4.78, 5) is 33.0. The molecule has 1 atom stereocenters. The molecular formula is C10H9N3O3. The van der Waals surface area contributed by atoms with Crippen LogP contribution in [0.2, 0.25) is 0 Å². The molecule has 2 rings (SSSR count). The van der Waals surface area contributed by atoms with Gasteiger partial charge in [0.1, 0.15) is 0 Å². The zero-order chi connectivity index (χ0) is 11.5. The van der Waals surface area contributed by atoms with E-state index in [1.165, 1.54) is 12.3 Å². The van der Waals surface area contributed by atoms with Crippen LogP contribution in [-0.2, 0) is 9.59 Å². The zero-order valence-electron chi connectivity index (χ0n) is 8.34. The lowest BCUT2D eigenvalue weighted by Gasteiger charge is -2.19. The van der Waals surface area contributed by atoms with Crippen molar-refractivity contribution in [3.05, 3.63) is 23.5 Å². The molecule has 6 heteroatoms. The van der Waals surface area contributed by atoms with Gasteiger partial charge in [-0.2, -0.15) is 10.2 Å². The van der Waals surface area contributed by atoms with Gasteiger partial charge in [-0.15, -0.1) is 0 Å².